The first-order chi connectivity index (χ1) is 7.85. The number of H-pyrrole nitrogens is 1. The van der Waals surface area contributed by atoms with Crippen molar-refractivity contribution in [3.8, 4) is 0 Å². The Morgan fingerprint density at radius 2 is 2.38 bits per heavy atom. The number of nitrogens with two attached hydrogens (primary N) is 1. The lowest BCUT2D eigenvalue weighted by molar-refractivity contribution is 0.626. The molecule has 0 unspecified atom stereocenters. The number of aromatic nitrogens is 6. The number of hydrogen-bond acceptors (Lipinski definition) is 5. The van der Waals surface area contributed by atoms with Crippen molar-refractivity contribution in [1.29, 1.82) is 0 Å². The Bertz CT molecular complexity index is 482. The molecule has 0 amide bonds. The van der Waals surface area contributed by atoms with Crippen LogP contribution in [-0.4, -0.2) is 30.2 Å². The lowest BCUT2D eigenvalue weighted by Gasteiger charge is -1.93. The fourth-order valence-corrected chi connectivity index (χ4v) is 1.57. The van der Waals surface area contributed by atoms with E-state index in [0.717, 1.165) is 17.3 Å². The van der Waals surface area contributed by atoms with E-state index in [4.69, 9.17) is 5.73 Å². The molecule has 0 saturated heterocycles. The Morgan fingerprint density at radius 1 is 1.50 bits per heavy atom. The van der Waals surface area contributed by atoms with E-state index in [1.54, 1.807) is 4.68 Å². The van der Waals surface area contributed by atoms with E-state index in [-0.39, 0.29) is 0 Å². The molecule has 7 heteroatoms. The molecule has 84 valence electrons. The monoisotopic (exact) mass is 219 g/mol. The lowest BCUT2D eigenvalue weighted by Crippen LogP contribution is -2.02. The molecule has 2 heterocycles. The van der Waals surface area contributed by atoms with Crippen molar-refractivity contribution >= 4 is 0 Å². The standard InChI is InChI=1S/C9H13N7/c10-3-7-4-16(15-12-7)5-8-11-9(14-13-8)6-1-2-6/h4,6H,1-3,5,10H2,(H,11,13,14). The van der Waals surface area contributed by atoms with Crippen molar-refractivity contribution in [1.82, 2.24) is 30.2 Å². The van der Waals surface area contributed by atoms with Gasteiger partial charge in [0.05, 0.1) is 11.9 Å². The van der Waals surface area contributed by atoms with Gasteiger partial charge in [-0.2, -0.15) is 5.10 Å². The van der Waals surface area contributed by atoms with Crippen molar-refractivity contribution < 1.29 is 0 Å². The SMILES string of the molecule is NCc1cn(Cc2nc(C3CC3)n[nH]2)nn1. The summed E-state index contributed by atoms with van der Waals surface area (Å²) in [5.74, 6) is 2.31. The summed E-state index contributed by atoms with van der Waals surface area (Å²) in [5.41, 5.74) is 6.24. The zero-order valence-corrected chi connectivity index (χ0v) is 8.80. The number of nitrogens with zero attached hydrogens (tertiary/aromatic N) is 5. The molecule has 1 fully saturated rings. The van der Waals surface area contributed by atoms with Crippen LogP contribution in [0.25, 0.3) is 0 Å². The second-order valence-electron chi connectivity index (χ2n) is 4.03. The van der Waals surface area contributed by atoms with Gasteiger partial charge in [-0.15, -0.1) is 5.10 Å². The molecular formula is C9H13N7. The van der Waals surface area contributed by atoms with Gasteiger partial charge in [0.2, 0.25) is 0 Å². The molecule has 7 nitrogen and oxygen atoms in total. The maximum absolute atomic E-state index is 5.46. The minimum atomic E-state index is 0.406. The first-order valence-corrected chi connectivity index (χ1v) is 5.35. The van der Waals surface area contributed by atoms with E-state index in [2.05, 4.69) is 25.5 Å². The van der Waals surface area contributed by atoms with Crippen molar-refractivity contribution in [2.24, 2.45) is 5.73 Å². The highest BCUT2D eigenvalue weighted by atomic mass is 15.4. The van der Waals surface area contributed by atoms with Crippen LogP contribution < -0.4 is 5.73 Å². The van der Waals surface area contributed by atoms with Gasteiger partial charge in [0.25, 0.3) is 0 Å². The number of nitrogens with one attached hydrogen (secondary N) is 1. The second kappa shape index (κ2) is 3.67. The highest BCUT2D eigenvalue weighted by molar-refractivity contribution is 5.05. The largest absolute Gasteiger partial charge is 0.325 e. The maximum Gasteiger partial charge on any atom is 0.153 e. The Balaban J connectivity index is 1.72. The van der Waals surface area contributed by atoms with Crippen LogP contribution in [0, 0.1) is 0 Å². The summed E-state index contributed by atoms with van der Waals surface area (Å²) in [6.45, 7) is 0.969. The van der Waals surface area contributed by atoms with Gasteiger partial charge < -0.3 is 5.73 Å². The Labute approximate surface area is 92.1 Å². The minimum Gasteiger partial charge on any atom is -0.325 e. The third-order valence-corrected chi connectivity index (χ3v) is 2.60. The summed E-state index contributed by atoms with van der Waals surface area (Å²) in [4.78, 5) is 4.42. The molecule has 1 aliphatic rings. The molecule has 16 heavy (non-hydrogen) atoms. The Kier molecular flexibility index (Phi) is 2.17. The van der Waals surface area contributed by atoms with Gasteiger partial charge in [0.15, 0.2) is 5.82 Å². The minimum absolute atomic E-state index is 0.406. The summed E-state index contributed by atoms with van der Waals surface area (Å²) in [7, 11) is 0. The van der Waals surface area contributed by atoms with Gasteiger partial charge in [-0.1, -0.05) is 5.21 Å². The summed E-state index contributed by atoms with van der Waals surface area (Å²) >= 11 is 0. The van der Waals surface area contributed by atoms with Crippen LogP contribution in [0.15, 0.2) is 6.20 Å². The molecule has 0 radical (unpaired) electrons. The van der Waals surface area contributed by atoms with Gasteiger partial charge >= 0.3 is 0 Å². The smallest absolute Gasteiger partial charge is 0.153 e. The van der Waals surface area contributed by atoms with Crippen LogP contribution in [-0.2, 0) is 13.1 Å². The van der Waals surface area contributed by atoms with Crippen LogP contribution in [0.2, 0.25) is 0 Å². The average molecular weight is 219 g/mol. The molecule has 2 aromatic heterocycles. The van der Waals surface area contributed by atoms with Gasteiger partial charge in [-0.3, -0.25) is 5.10 Å². The molecule has 2 aromatic rings. The fraction of sp³-hybridized carbons (Fsp3) is 0.556. The van der Waals surface area contributed by atoms with Crippen LogP contribution in [0.4, 0.5) is 0 Å². The van der Waals surface area contributed by atoms with Crippen LogP contribution >= 0.6 is 0 Å². The van der Waals surface area contributed by atoms with Crippen LogP contribution in [0.3, 0.4) is 0 Å². The van der Waals surface area contributed by atoms with Crippen molar-refractivity contribution in [3.05, 3.63) is 23.5 Å². The molecule has 0 bridgehead atoms. The molecule has 0 aliphatic heterocycles. The van der Waals surface area contributed by atoms with Crippen molar-refractivity contribution in [2.75, 3.05) is 0 Å². The fourth-order valence-electron chi connectivity index (χ4n) is 1.57. The van der Waals surface area contributed by atoms with Crippen LogP contribution in [0.5, 0.6) is 0 Å². The molecule has 1 aliphatic carbocycles. The van der Waals surface area contributed by atoms with E-state index in [9.17, 15) is 0 Å². The molecule has 1 saturated carbocycles. The lowest BCUT2D eigenvalue weighted by atomic mass is 10.4. The van der Waals surface area contributed by atoms with Gasteiger partial charge in [-0.25, -0.2) is 9.67 Å². The third kappa shape index (κ3) is 1.81. The molecule has 3 rings (SSSR count). The first kappa shape index (κ1) is 9.46. The van der Waals surface area contributed by atoms with E-state index in [1.165, 1.54) is 12.8 Å². The number of aromatic amines is 1. The molecule has 3 N–H and O–H groups in total. The quantitative estimate of drug-likeness (QED) is 0.740. The predicted molar refractivity (Wildman–Crippen MR) is 55.4 cm³/mol. The molecule has 0 atom stereocenters. The summed E-state index contributed by atoms with van der Waals surface area (Å²) in [6.07, 6.45) is 4.23. The average Bonchev–Trinajstić information content (AvgIpc) is 2.88. The van der Waals surface area contributed by atoms with Crippen molar-refractivity contribution in [3.63, 3.8) is 0 Å². The van der Waals surface area contributed by atoms with Crippen molar-refractivity contribution in [2.45, 2.75) is 31.8 Å². The van der Waals surface area contributed by atoms with E-state index >= 15 is 0 Å². The zero-order valence-electron chi connectivity index (χ0n) is 8.80. The Morgan fingerprint density at radius 3 is 3.06 bits per heavy atom. The predicted octanol–water partition coefficient (Wildman–Crippen LogP) is -0.219. The van der Waals surface area contributed by atoms with E-state index < -0.39 is 0 Å². The summed E-state index contributed by atoms with van der Waals surface area (Å²) < 4.78 is 1.71. The molecule has 0 aromatic carbocycles. The highest BCUT2D eigenvalue weighted by Gasteiger charge is 2.27. The normalized spacial score (nSPS) is 15.6. The highest BCUT2D eigenvalue weighted by Crippen LogP contribution is 2.37. The van der Waals surface area contributed by atoms with E-state index in [0.29, 0.717) is 19.0 Å². The second-order valence-corrected chi connectivity index (χ2v) is 4.03. The first-order valence-electron chi connectivity index (χ1n) is 5.35. The van der Waals surface area contributed by atoms with Crippen LogP contribution in [0.1, 0.15) is 36.1 Å². The topological polar surface area (TPSA) is 98.3 Å². The third-order valence-electron chi connectivity index (χ3n) is 2.60. The number of hydrogen-bond donors (Lipinski definition) is 2. The summed E-state index contributed by atoms with van der Waals surface area (Å²) in [5, 5.41) is 15.0. The number of rotatable bonds is 4. The zero-order chi connectivity index (χ0) is 11.0. The molecular weight excluding hydrogens is 206 g/mol. The van der Waals surface area contributed by atoms with E-state index in [1.807, 2.05) is 6.20 Å². The Hall–Kier alpha value is -1.76. The maximum atomic E-state index is 5.46. The summed E-state index contributed by atoms with van der Waals surface area (Å²) in [6, 6.07) is 0. The molecule has 0 spiro atoms. The van der Waals surface area contributed by atoms with Gasteiger partial charge in [0, 0.05) is 12.5 Å². The van der Waals surface area contributed by atoms with Gasteiger partial charge in [0.1, 0.15) is 12.4 Å². The van der Waals surface area contributed by atoms with Gasteiger partial charge in [-0.05, 0) is 12.8 Å².